The van der Waals surface area contributed by atoms with Crippen molar-refractivity contribution in [3.63, 3.8) is 0 Å². The van der Waals surface area contributed by atoms with Gasteiger partial charge in [-0.15, -0.1) is 0 Å². The minimum absolute atomic E-state index is 1.28. The number of aryl methyl sites for hydroxylation is 2. The topological polar surface area (TPSA) is 0 Å². The Morgan fingerprint density at radius 3 is 1.27 bits per heavy atom. The van der Waals surface area contributed by atoms with Crippen LogP contribution in [0, 0.1) is 13.8 Å². The van der Waals surface area contributed by atoms with Gasteiger partial charge in [0.1, 0.15) is 0 Å². The molecule has 0 unspecified atom stereocenters. The molecule has 110 valence electrons. The van der Waals surface area contributed by atoms with Crippen molar-refractivity contribution < 1.29 is 0 Å². The van der Waals surface area contributed by atoms with E-state index in [0.717, 1.165) is 0 Å². The van der Waals surface area contributed by atoms with Crippen molar-refractivity contribution in [2.24, 2.45) is 0 Å². The molecule has 0 amide bonds. The molecule has 3 aromatic rings. The van der Waals surface area contributed by atoms with Gasteiger partial charge in [-0.25, -0.2) is 0 Å². The number of benzene rings is 3. The summed E-state index contributed by atoms with van der Waals surface area (Å²) in [4.78, 5) is 5.14. The van der Waals surface area contributed by atoms with Crippen molar-refractivity contribution in [3.8, 4) is 0 Å². The van der Waals surface area contributed by atoms with Crippen molar-refractivity contribution in [3.05, 3.63) is 83.9 Å². The lowest BCUT2D eigenvalue weighted by molar-refractivity contribution is 1.29. The van der Waals surface area contributed by atoms with E-state index in [1.54, 1.807) is 0 Å². The Hall–Kier alpha value is -1.64. The molecule has 0 fully saturated rings. The second kappa shape index (κ2) is 7.08. The van der Waals surface area contributed by atoms with Crippen LogP contribution in [-0.2, 0) is 0 Å². The first-order chi connectivity index (χ1) is 10.7. The molecule has 0 aliphatic carbocycles. The van der Waals surface area contributed by atoms with Crippen molar-refractivity contribution in [2.45, 2.75) is 33.4 Å². The Bertz CT molecular complexity index is 715. The number of hydrogen-bond donors (Lipinski definition) is 0. The Morgan fingerprint density at radius 1 is 0.500 bits per heavy atom. The lowest BCUT2D eigenvalue weighted by Gasteiger charge is -2.06. The van der Waals surface area contributed by atoms with Gasteiger partial charge in [0.15, 0.2) is 0 Å². The average molecular weight is 322 g/mol. The fraction of sp³-hybridized carbons (Fsp3) is 0.100. The lowest BCUT2D eigenvalue weighted by atomic mass is 10.2. The fourth-order valence-electron chi connectivity index (χ4n) is 2.23. The first-order valence-electron chi connectivity index (χ1n) is 7.28. The molecule has 0 N–H and O–H groups in total. The quantitative estimate of drug-likeness (QED) is 0.530. The third-order valence-corrected chi connectivity index (χ3v) is 5.21. The van der Waals surface area contributed by atoms with Crippen molar-refractivity contribution in [1.82, 2.24) is 0 Å². The number of rotatable bonds is 4. The maximum atomic E-state index is 2.26. The summed E-state index contributed by atoms with van der Waals surface area (Å²) in [5, 5.41) is 0. The molecule has 2 heteroatoms. The fourth-order valence-corrected chi connectivity index (χ4v) is 4.30. The molecule has 0 saturated carbocycles. The summed E-state index contributed by atoms with van der Waals surface area (Å²) < 4.78 is 0. The van der Waals surface area contributed by atoms with Gasteiger partial charge in [0, 0.05) is 19.6 Å². The molecule has 0 atom stereocenters. The van der Waals surface area contributed by atoms with Gasteiger partial charge in [-0.05, 0) is 56.3 Å². The van der Waals surface area contributed by atoms with E-state index < -0.39 is 0 Å². The molecular weight excluding hydrogens is 304 g/mol. The van der Waals surface area contributed by atoms with Crippen LogP contribution < -0.4 is 0 Å². The highest BCUT2D eigenvalue weighted by atomic mass is 32.2. The van der Waals surface area contributed by atoms with Gasteiger partial charge in [0.2, 0.25) is 0 Å². The SMILES string of the molecule is Cc1cccc(Sc2cccc(Sc3cccc(C)c3)c2)c1. The molecule has 0 aromatic heterocycles. The number of hydrogen-bond acceptors (Lipinski definition) is 2. The predicted molar refractivity (Wildman–Crippen MR) is 97.0 cm³/mol. The van der Waals surface area contributed by atoms with Crippen LogP contribution in [0.15, 0.2) is 92.4 Å². The largest absolute Gasteiger partial charge is 0.0901 e. The van der Waals surface area contributed by atoms with Crippen molar-refractivity contribution >= 4 is 23.5 Å². The Labute approximate surface area is 141 Å². The Morgan fingerprint density at radius 2 is 0.864 bits per heavy atom. The van der Waals surface area contributed by atoms with Crippen LogP contribution in [0.4, 0.5) is 0 Å². The Balaban J connectivity index is 1.78. The maximum Gasteiger partial charge on any atom is 0.0133 e. The molecule has 0 bridgehead atoms. The zero-order valence-electron chi connectivity index (χ0n) is 12.7. The van der Waals surface area contributed by atoms with Crippen LogP contribution in [0.2, 0.25) is 0 Å². The van der Waals surface area contributed by atoms with E-state index in [0.29, 0.717) is 0 Å². The highest BCUT2D eigenvalue weighted by Crippen LogP contribution is 2.34. The van der Waals surface area contributed by atoms with Gasteiger partial charge >= 0.3 is 0 Å². The molecule has 0 nitrogen and oxygen atoms in total. The molecule has 22 heavy (non-hydrogen) atoms. The molecule has 0 heterocycles. The van der Waals surface area contributed by atoms with Gasteiger partial charge in [-0.2, -0.15) is 0 Å². The van der Waals surface area contributed by atoms with Crippen LogP contribution in [0.3, 0.4) is 0 Å². The third-order valence-electron chi connectivity index (χ3n) is 3.26. The molecular formula is C20H18S2. The lowest BCUT2D eigenvalue weighted by Crippen LogP contribution is -1.79. The first kappa shape index (κ1) is 15.3. The van der Waals surface area contributed by atoms with E-state index in [9.17, 15) is 0 Å². The average Bonchev–Trinajstić information content (AvgIpc) is 2.47. The second-order valence-electron chi connectivity index (χ2n) is 5.31. The molecule has 0 spiro atoms. The zero-order valence-corrected chi connectivity index (χ0v) is 14.4. The van der Waals surface area contributed by atoms with Crippen molar-refractivity contribution in [1.29, 1.82) is 0 Å². The summed E-state index contributed by atoms with van der Waals surface area (Å²) in [6, 6.07) is 26.0. The summed E-state index contributed by atoms with van der Waals surface area (Å²) >= 11 is 3.63. The van der Waals surface area contributed by atoms with E-state index >= 15 is 0 Å². The third kappa shape index (κ3) is 4.19. The van der Waals surface area contributed by atoms with Crippen LogP contribution in [0.25, 0.3) is 0 Å². The summed E-state index contributed by atoms with van der Waals surface area (Å²) in [6.07, 6.45) is 0. The predicted octanol–water partition coefficient (Wildman–Crippen LogP) is 6.61. The van der Waals surface area contributed by atoms with E-state index in [4.69, 9.17) is 0 Å². The van der Waals surface area contributed by atoms with Gasteiger partial charge in [0.25, 0.3) is 0 Å². The molecule has 0 radical (unpaired) electrons. The summed E-state index contributed by atoms with van der Waals surface area (Å²) in [7, 11) is 0. The monoisotopic (exact) mass is 322 g/mol. The van der Waals surface area contributed by atoms with E-state index in [1.165, 1.54) is 30.7 Å². The van der Waals surface area contributed by atoms with Crippen LogP contribution >= 0.6 is 23.5 Å². The summed E-state index contributed by atoms with van der Waals surface area (Å²) in [5.74, 6) is 0. The normalized spacial score (nSPS) is 10.6. The van der Waals surface area contributed by atoms with Crippen molar-refractivity contribution in [2.75, 3.05) is 0 Å². The van der Waals surface area contributed by atoms with Gasteiger partial charge < -0.3 is 0 Å². The standard InChI is InChI=1S/C20H18S2/c1-15-6-3-8-17(12-15)21-19-10-5-11-20(14-19)22-18-9-4-7-16(2)13-18/h3-14H,1-2H3. The molecule has 0 saturated heterocycles. The molecule has 3 aromatic carbocycles. The zero-order chi connectivity index (χ0) is 15.4. The van der Waals surface area contributed by atoms with Gasteiger partial charge in [-0.3, -0.25) is 0 Å². The highest BCUT2D eigenvalue weighted by molar-refractivity contribution is 8.00. The Kier molecular flexibility index (Phi) is 4.91. The summed E-state index contributed by atoms with van der Waals surface area (Å²) in [6.45, 7) is 4.27. The maximum absolute atomic E-state index is 2.26. The van der Waals surface area contributed by atoms with Crippen LogP contribution in [0.5, 0.6) is 0 Å². The van der Waals surface area contributed by atoms with E-state index in [1.807, 2.05) is 23.5 Å². The highest BCUT2D eigenvalue weighted by Gasteiger charge is 2.02. The smallest absolute Gasteiger partial charge is 0.0133 e. The summed E-state index contributed by atoms with van der Waals surface area (Å²) in [5.41, 5.74) is 2.60. The van der Waals surface area contributed by atoms with Gasteiger partial charge in [-0.1, -0.05) is 65.0 Å². The van der Waals surface area contributed by atoms with E-state index in [-0.39, 0.29) is 0 Å². The van der Waals surface area contributed by atoms with Crippen LogP contribution in [0.1, 0.15) is 11.1 Å². The molecule has 3 rings (SSSR count). The minimum Gasteiger partial charge on any atom is -0.0901 e. The second-order valence-corrected chi connectivity index (χ2v) is 7.61. The molecule has 0 aliphatic heterocycles. The molecule has 0 aliphatic rings. The van der Waals surface area contributed by atoms with Crippen LogP contribution in [-0.4, -0.2) is 0 Å². The van der Waals surface area contributed by atoms with E-state index in [2.05, 4.69) is 86.6 Å². The van der Waals surface area contributed by atoms with Gasteiger partial charge in [0.05, 0.1) is 0 Å². The minimum atomic E-state index is 1.28. The first-order valence-corrected chi connectivity index (χ1v) is 8.91.